The van der Waals surface area contributed by atoms with Gasteiger partial charge in [0.15, 0.2) is 0 Å². The largest absolute Gasteiger partial charge is 0.494 e. The van der Waals surface area contributed by atoms with Crippen molar-refractivity contribution in [1.29, 1.82) is 5.26 Å². The Hall–Kier alpha value is -4.04. The number of hydrogen-bond acceptors (Lipinski definition) is 3. The van der Waals surface area contributed by atoms with Crippen LogP contribution in [0.25, 0.3) is 22.7 Å². The lowest BCUT2D eigenvalue weighted by molar-refractivity contribution is 0.104. The number of Topliss-reactive ketones (excluding diaryl/α,β-unsaturated/α-hetero) is 1. The van der Waals surface area contributed by atoms with E-state index in [0.29, 0.717) is 12.2 Å². The second kappa shape index (κ2) is 8.60. The summed E-state index contributed by atoms with van der Waals surface area (Å²) in [5, 5.41) is 10.6. The first-order chi connectivity index (χ1) is 15.4. The topological polar surface area (TPSA) is 70.8 Å². The number of nitriles is 1. The van der Waals surface area contributed by atoms with E-state index in [0.717, 1.165) is 45.0 Å². The smallest absolute Gasteiger partial charge is 0.205 e. The molecule has 2 heterocycles. The van der Waals surface area contributed by atoms with Crippen molar-refractivity contribution in [2.75, 3.05) is 6.61 Å². The maximum absolute atomic E-state index is 13.3. The monoisotopic (exact) mass is 423 g/mol. The Labute approximate surface area is 187 Å². The summed E-state index contributed by atoms with van der Waals surface area (Å²) >= 11 is 0. The third kappa shape index (κ3) is 3.72. The zero-order valence-electron chi connectivity index (χ0n) is 18.7. The summed E-state index contributed by atoms with van der Waals surface area (Å²) in [5.41, 5.74) is 6.14. The van der Waals surface area contributed by atoms with Crippen LogP contribution in [-0.4, -0.2) is 21.9 Å². The molecule has 0 bridgehead atoms. The first-order valence-corrected chi connectivity index (χ1v) is 10.6. The van der Waals surface area contributed by atoms with Crippen molar-refractivity contribution in [1.82, 2.24) is 9.55 Å². The van der Waals surface area contributed by atoms with E-state index in [1.807, 2.05) is 82.3 Å². The van der Waals surface area contributed by atoms with E-state index in [-0.39, 0.29) is 11.4 Å². The molecule has 0 aliphatic rings. The molecular formula is C27H25N3O2. The molecule has 0 saturated heterocycles. The number of aryl methyl sites for hydroxylation is 2. The van der Waals surface area contributed by atoms with Crippen molar-refractivity contribution in [3.63, 3.8) is 0 Å². The fourth-order valence-corrected chi connectivity index (χ4v) is 4.20. The average Bonchev–Trinajstić information content (AvgIpc) is 3.27. The van der Waals surface area contributed by atoms with Gasteiger partial charge in [-0.15, -0.1) is 0 Å². The minimum Gasteiger partial charge on any atom is -0.494 e. The summed E-state index contributed by atoms with van der Waals surface area (Å²) in [6, 6.07) is 19.7. The zero-order chi connectivity index (χ0) is 22.8. The van der Waals surface area contributed by atoms with Crippen LogP contribution < -0.4 is 4.74 Å². The van der Waals surface area contributed by atoms with Gasteiger partial charge in [-0.05, 0) is 75.7 Å². The molecule has 32 heavy (non-hydrogen) atoms. The summed E-state index contributed by atoms with van der Waals surface area (Å²) in [7, 11) is 0. The van der Waals surface area contributed by atoms with Crippen molar-refractivity contribution in [3.8, 4) is 17.5 Å². The second-order valence-electron chi connectivity index (χ2n) is 7.76. The van der Waals surface area contributed by atoms with E-state index >= 15 is 0 Å². The Balaban J connectivity index is 1.74. The lowest BCUT2D eigenvalue weighted by atomic mass is 9.99. The van der Waals surface area contributed by atoms with E-state index < -0.39 is 0 Å². The molecule has 2 aromatic heterocycles. The van der Waals surface area contributed by atoms with Gasteiger partial charge in [-0.2, -0.15) is 5.26 Å². The van der Waals surface area contributed by atoms with Crippen molar-refractivity contribution in [2.45, 2.75) is 27.7 Å². The fraction of sp³-hybridized carbons (Fsp3) is 0.185. The van der Waals surface area contributed by atoms with Crippen molar-refractivity contribution in [3.05, 3.63) is 88.4 Å². The van der Waals surface area contributed by atoms with Crippen LogP contribution in [0.5, 0.6) is 5.75 Å². The number of aromatic amines is 1. The average molecular weight is 424 g/mol. The molecule has 0 aliphatic carbocycles. The van der Waals surface area contributed by atoms with Gasteiger partial charge < -0.3 is 14.3 Å². The number of benzene rings is 2. The minimum atomic E-state index is -0.270. The summed E-state index contributed by atoms with van der Waals surface area (Å²) in [4.78, 5) is 16.6. The Kier molecular flexibility index (Phi) is 5.70. The van der Waals surface area contributed by atoms with Crippen molar-refractivity contribution in [2.24, 2.45) is 0 Å². The highest BCUT2D eigenvalue weighted by Crippen LogP contribution is 2.28. The van der Waals surface area contributed by atoms with Crippen LogP contribution >= 0.6 is 0 Å². The second-order valence-corrected chi connectivity index (χ2v) is 7.76. The Morgan fingerprint density at radius 3 is 2.53 bits per heavy atom. The number of nitrogens with zero attached hydrogens (tertiary/aromatic N) is 2. The van der Waals surface area contributed by atoms with Gasteiger partial charge in [0.05, 0.1) is 12.2 Å². The van der Waals surface area contributed by atoms with E-state index in [2.05, 4.69) is 15.6 Å². The molecule has 5 heteroatoms. The van der Waals surface area contributed by atoms with E-state index in [1.54, 1.807) is 6.08 Å². The van der Waals surface area contributed by atoms with Gasteiger partial charge in [0.1, 0.15) is 17.4 Å². The van der Waals surface area contributed by atoms with E-state index in [4.69, 9.17) is 4.74 Å². The zero-order valence-corrected chi connectivity index (χ0v) is 18.7. The van der Waals surface area contributed by atoms with Crippen molar-refractivity contribution < 1.29 is 9.53 Å². The maximum Gasteiger partial charge on any atom is 0.205 e. The third-order valence-corrected chi connectivity index (χ3v) is 5.66. The van der Waals surface area contributed by atoms with Crippen LogP contribution in [0.1, 0.15) is 39.9 Å². The van der Waals surface area contributed by atoms with Crippen molar-refractivity contribution >= 4 is 22.8 Å². The Bertz CT molecular complexity index is 1380. The van der Waals surface area contributed by atoms with Gasteiger partial charge in [0.2, 0.25) is 5.78 Å². The molecule has 4 aromatic rings. The van der Waals surface area contributed by atoms with Gasteiger partial charge in [0, 0.05) is 33.7 Å². The number of carbonyl (C=O) groups is 1. The molecule has 0 saturated carbocycles. The van der Waals surface area contributed by atoms with Crippen LogP contribution in [-0.2, 0) is 0 Å². The number of H-pyrrole nitrogens is 1. The maximum atomic E-state index is 13.3. The highest BCUT2D eigenvalue weighted by molar-refractivity contribution is 6.20. The number of aromatic nitrogens is 2. The van der Waals surface area contributed by atoms with Gasteiger partial charge in [-0.25, -0.2) is 0 Å². The van der Waals surface area contributed by atoms with Gasteiger partial charge in [-0.3, -0.25) is 4.79 Å². The molecule has 0 aliphatic heterocycles. The molecule has 2 aromatic carbocycles. The van der Waals surface area contributed by atoms with E-state index in [1.165, 1.54) is 0 Å². The SMILES string of the molecule is CCOc1ccc(-n2c(C)cc(C=C(C#N)C(=O)c3c(C)[nH]c4ccccc34)c2C)cc1. The number of allylic oxidation sites excluding steroid dienone is 1. The van der Waals surface area contributed by atoms with Crippen LogP contribution in [0.15, 0.2) is 60.2 Å². The number of rotatable bonds is 6. The summed E-state index contributed by atoms with van der Waals surface area (Å²) < 4.78 is 7.65. The number of hydrogen-bond donors (Lipinski definition) is 1. The van der Waals surface area contributed by atoms with E-state index in [9.17, 15) is 10.1 Å². The molecule has 4 rings (SSSR count). The first kappa shape index (κ1) is 21.2. The number of ketones is 1. The lowest BCUT2D eigenvalue weighted by Crippen LogP contribution is -2.03. The predicted octanol–water partition coefficient (Wildman–Crippen LogP) is 6.07. The summed E-state index contributed by atoms with van der Waals surface area (Å²) in [6.45, 7) is 8.44. The number of carbonyl (C=O) groups excluding carboxylic acids is 1. The molecule has 0 amide bonds. The molecule has 1 N–H and O–H groups in total. The highest BCUT2D eigenvalue weighted by Gasteiger charge is 2.20. The molecule has 0 radical (unpaired) electrons. The van der Waals surface area contributed by atoms with Crippen LogP contribution in [0, 0.1) is 32.1 Å². The number of para-hydroxylation sites is 1. The molecule has 0 fully saturated rings. The Morgan fingerprint density at radius 1 is 1.12 bits per heavy atom. The molecular weight excluding hydrogens is 398 g/mol. The van der Waals surface area contributed by atoms with Gasteiger partial charge >= 0.3 is 0 Å². The first-order valence-electron chi connectivity index (χ1n) is 10.6. The number of ether oxygens (including phenoxy) is 1. The Morgan fingerprint density at radius 2 is 1.84 bits per heavy atom. The fourth-order valence-electron chi connectivity index (χ4n) is 4.20. The minimum absolute atomic E-state index is 0.116. The number of fused-ring (bicyclic) bond motifs is 1. The molecule has 0 unspecified atom stereocenters. The third-order valence-electron chi connectivity index (χ3n) is 5.66. The molecule has 5 nitrogen and oxygen atoms in total. The summed E-state index contributed by atoms with van der Waals surface area (Å²) in [6.07, 6.45) is 1.69. The lowest BCUT2D eigenvalue weighted by Gasteiger charge is -2.11. The summed E-state index contributed by atoms with van der Waals surface area (Å²) in [5.74, 6) is 0.554. The molecule has 160 valence electrons. The predicted molar refractivity (Wildman–Crippen MR) is 127 cm³/mol. The van der Waals surface area contributed by atoms with Gasteiger partial charge in [-0.1, -0.05) is 18.2 Å². The normalized spacial score (nSPS) is 11.5. The standard InChI is InChI=1S/C27H25N3O2/c1-5-32-23-12-10-22(11-13-23)30-17(2)14-20(19(30)4)15-21(16-28)27(31)26-18(3)29-25-9-7-6-8-24(25)26/h6-15,29H,5H2,1-4H3. The quantitative estimate of drug-likeness (QED) is 0.232. The van der Waals surface area contributed by atoms with Crippen LogP contribution in [0.3, 0.4) is 0 Å². The van der Waals surface area contributed by atoms with Crippen LogP contribution in [0.2, 0.25) is 0 Å². The highest BCUT2D eigenvalue weighted by atomic mass is 16.5. The molecule has 0 spiro atoms. The number of nitrogens with one attached hydrogen (secondary N) is 1. The van der Waals surface area contributed by atoms with Gasteiger partial charge in [0.25, 0.3) is 0 Å². The molecule has 0 atom stereocenters. The van der Waals surface area contributed by atoms with Crippen LogP contribution in [0.4, 0.5) is 0 Å².